The zero-order valence-corrected chi connectivity index (χ0v) is 15.6. The van der Waals surface area contributed by atoms with Crippen molar-refractivity contribution in [3.8, 4) is 0 Å². The summed E-state index contributed by atoms with van der Waals surface area (Å²) in [6.45, 7) is 2.84. The predicted molar refractivity (Wildman–Crippen MR) is 107 cm³/mol. The topological polar surface area (TPSA) is 46.1 Å². The summed E-state index contributed by atoms with van der Waals surface area (Å²) in [5.41, 5.74) is 3.27. The summed E-state index contributed by atoms with van der Waals surface area (Å²) in [6, 6.07) is 16.2. The highest BCUT2D eigenvalue weighted by Gasteiger charge is 2.22. The van der Waals surface area contributed by atoms with Gasteiger partial charge in [0, 0.05) is 24.0 Å². The van der Waals surface area contributed by atoms with Gasteiger partial charge in [0.25, 0.3) is 0 Å². The van der Waals surface area contributed by atoms with E-state index in [1.54, 1.807) is 0 Å². The zero-order valence-electron chi connectivity index (χ0n) is 14.8. The van der Waals surface area contributed by atoms with E-state index in [2.05, 4.69) is 16.0 Å². The van der Waals surface area contributed by atoms with Gasteiger partial charge in [-0.1, -0.05) is 55.1 Å². The molecular weight excluding hydrogens is 342 g/mol. The Bertz CT molecular complexity index is 957. The number of aromatic nitrogens is 2. The molecule has 1 aliphatic rings. The largest absolute Gasteiger partial charge is 0.311 e. The fourth-order valence-corrected chi connectivity index (χ4v) is 4.28. The Morgan fingerprint density at radius 2 is 1.92 bits per heavy atom. The van der Waals surface area contributed by atoms with Gasteiger partial charge in [0.05, 0.1) is 11.3 Å². The van der Waals surface area contributed by atoms with E-state index in [0.717, 1.165) is 53.2 Å². The molecule has 3 aromatic rings. The molecule has 1 aromatic heterocycles. The molecule has 1 aliphatic heterocycles. The molecule has 0 atom stereocenters. The molecule has 2 aromatic carbocycles. The Labute approximate surface area is 157 Å². The highest BCUT2D eigenvalue weighted by molar-refractivity contribution is 8.00. The molecule has 0 saturated carbocycles. The van der Waals surface area contributed by atoms with Crippen LogP contribution in [0.1, 0.15) is 24.7 Å². The number of carbonyl (C=O) groups is 1. The number of hydrogen-bond acceptors (Lipinski definition) is 4. The molecule has 26 heavy (non-hydrogen) atoms. The molecule has 0 bridgehead atoms. The molecule has 2 heterocycles. The number of anilines is 1. The van der Waals surface area contributed by atoms with Gasteiger partial charge >= 0.3 is 0 Å². The standard InChI is InChI=1S/C21H21N3OS/c1-2-19-22-17-11-5-4-10-16(17)21(23-19)26-14-20(25)24-13-7-9-15-8-3-6-12-18(15)24/h3-6,8,10-12H,2,7,9,13-14H2,1H3. The van der Waals surface area contributed by atoms with Gasteiger partial charge < -0.3 is 4.90 Å². The number of thioether (sulfide) groups is 1. The molecule has 0 N–H and O–H groups in total. The van der Waals surface area contributed by atoms with E-state index in [0.29, 0.717) is 5.75 Å². The van der Waals surface area contributed by atoms with Crippen molar-refractivity contribution in [1.29, 1.82) is 0 Å². The van der Waals surface area contributed by atoms with Crippen molar-refractivity contribution in [3.63, 3.8) is 0 Å². The first-order valence-corrected chi connectivity index (χ1v) is 10.0. The van der Waals surface area contributed by atoms with Crippen LogP contribution >= 0.6 is 11.8 Å². The first kappa shape index (κ1) is 17.0. The second kappa shape index (κ2) is 7.46. The average molecular weight is 363 g/mol. The predicted octanol–water partition coefficient (Wildman–Crippen LogP) is 4.26. The number of amides is 1. The molecule has 4 nitrogen and oxygen atoms in total. The van der Waals surface area contributed by atoms with Crippen LogP contribution in [0.5, 0.6) is 0 Å². The quantitative estimate of drug-likeness (QED) is 0.513. The number of carbonyl (C=O) groups excluding carboxylic acids is 1. The third-order valence-corrected chi connectivity index (χ3v) is 5.65. The lowest BCUT2D eigenvalue weighted by atomic mass is 10.0. The Morgan fingerprint density at radius 1 is 1.12 bits per heavy atom. The summed E-state index contributed by atoms with van der Waals surface area (Å²) < 4.78 is 0. The van der Waals surface area contributed by atoms with E-state index >= 15 is 0 Å². The van der Waals surface area contributed by atoms with Gasteiger partial charge in [0.15, 0.2) is 0 Å². The van der Waals surface area contributed by atoms with E-state index in [1.807, 2.05) is 54.3 Å². The first-order valence-electron chi connectivity index (χ1n) is 9.03. The van der Waals surface area contributed by atoms with Crippen LogP contribution in [0.15, 0.2) is 53.6 Å². The highest BCUT2D eigenvalue weighted by atomic mass is 32.2. The molecule has 0 aliphatic carbocycles. The maximum atomic E-state index is 12.9. The summed E-state index contributed by atoms with van der Waals surface area (Å²) >= 11 is 1.51. The normalized spacial score (nSPS) is 13.7. The molecule has 0 fully saturated rings. The van der Waals surface area contributed by atoms with Gasteiger partial charge in [-0.3, -0.25) is 4.79 Å². The van der Waals surface area contributed by atoms with E-state index in [-0.39, 0.29) is 5.91 Å². The van der Waals surface area contributed by atoms with Crippen molar-refractivity contribution in [3.05, 3.63) is 59.9 Å². The number of para-hydroxylation sites is 2. The minimum absolute atomic E-state index is 0.142. The van der Waals surface area contributed by atoms with Gasteiger partial charge in [-0.05, 0) is 30.5 Å². The zero-order chi connectivity index (χ0) is 17.9. The third-order valence-electron chi connectivity index (χ3n) is 4.67. The molecule has 0 unspecified atom stereocenters. The van der Waals surface area contributed by atoms with Crippen LogP contribution in [-0.4, -0.2) is 28.2 Å². The summed E-state index contributed by atoms with van der Waals surface area (Å²) in [5.74, 6) is 1.35. The van der Waals surface area contributed by atoms with Crippen LogP contribution in [0.3, 0.4) is 0 Å². The van der Waals surface area contributed by atoms with Crippen LogP contribution < -0.4 is 4.90 Å². The summed E-state index contributed by atoms with van der Waals surface area (Å²) in [7, 11) is 0. The van der Waals surface area contributed by atoms with Crippen LogP contribution in [0, 0.1) is 0 Å². The Hall–Kier alpha value is -2.40. The van der Waals surface area contributed by atoms with Gasteiger partial charge in [-0.25, -0.2) is 9.97 Å². The number of benzene rings is 2. The van der Waals surface area contributed by atoms with Gasteiger partial charge in [-0.15, -0.1) is 0 Å². The lowest BCUT2D eigenvalue weighted by Gasteiger charge is -2.29. The minimum Gasteiger partial charge on any atom is -0.311 e. The Kier molecular flexibility index (Phi) is 4.89. The monoisotopic (exact) mass is 363 g/mol. The lowest BCUT2D eigenvalue weighted by molar-refractivity contribution is -0.116. The van der Waals surface area contributed by atoms with Crippen LogP contribution in [0.25, 0.3) is 10.9 Å². The molecule has 0 spiro atoms. The van der Waals surface area contributed by atoms with Gasteiger partial charge in [0.1, 0.15) is 10.9 Å². The van der Waals surface area contributed by atoms with Crippen molar-refractivity contribution in [1.82, 2.24) is 9.97 Å². The molecule has 0 radical (unpaired) electrons. The van der Waals surface area contributed by atoms with E-state index in [4.69, 9.17) is 0 Å². The minimum atomic E-state index is 0.142. The number of hydrogen-bond donors (Lipinski definition) is 0. The van der Waals surface area contributed by atoms with E-state index in [1.165, 1.54) is 17.3 Å². The van der Waals surface area contributed by atoms with Gasteiger partial charge in [0.2, 0.25) is 5.91 Å². The fourth-order valence-electron chi connectivity index (χ4n) is 3.36. The molecule has 0 saturated heterocycles. The highest BCUT2D eigenvalue weighted by Crippen LogP contribution is 2.29. The summed E-state index contributed by atoms with van der Waals surface area (Å²) in [4.78, 5) is 24.1. The smallest absolute Gasteiger partial charge is 0.237 e. The molecule has 5 heteroatoms. The number of rotatable bonds is 4. The maximum Gasteiger partial charge on any atom is 0.237 e. The van der Waals surface area contributed by atoms with Crippen LogP contribution in [-0.2, 0) is 17.6 Å². The van der Waals surface area contributed by atoms with Crippen molar-refractivity contribution >= 4 is 34.3 Å². The van der Waals surface area contributed by atoms with Crippen LogP contribution in [0.4, 0.5) is 5.69 Å². The van der Waals surface area contributed by atoms with Crippen molar-refractivity contribution in [2.75, 3.05) is 17.2 Å². The van der Waals surface area contributed by atoms with E-state index < -0.39 is 0 Å². The number of nitrogens with zero attached hydrogens (tertiary/aromatic N) is 3. The van der Waals surface area contributed by atoms with Crippen molar-refractivity contribution < 1.29 is 4.79 Å². The molecule has 132 valence electrons. The molecule has 1 amide bonds. The molecule has 4 rings (SSSR count). The van der Waals surface area contributed by atoms with Crippen LogP contribution in [0.2, 0.25) is 0 Å². The average Bonchev–Trinajstić information content (AvgIpc) is 2.71. The fraction of sp³-hybridized carbons (Fsp3) is 0.286. The molecular formula is C21H21N3OS. The van der Waals surface area contributed by atoms with Gasteiger partial charge in [-0.2, -0.15) is 0 Å². The lowest BCUT2D eigenvalue weighted by Crippen LogP contribution is -2.36. The van der Waals surface area contributed by atoms with E-state index in [9.17, 15) is 4.79 Å². The summed E-state index contributed by atoms with van der Waals surface area (Å²) in [5, 5.41) is 1.91. The third kappa shape index (κ3) is 3.31. The first-order chi connectivity index (χ1) is 12.8. The summed E-state index contributed by atoms with van der Waals surface area (Å²) in [6.07, 6.45) is 2.85. The Morgan fingerprint density at radius 3 is 2.81 bits per heavy atom. The number of aryl methyl sites for hydroxylation is 2. The van der Waals surface area contributed by atoms with Crippen molar-refractivity contribution in [2.45, 2.75) is 31.2 Å². The second-order valence-electron chi connectivity index (χ2n) is 6.38. The second-order valence-corrected chi connectivity index (χ2v) is 7.35. The SMILES string of the molecule is CCc1nc(SCC(=O)N2CCCc3ccccc32)c2ccccc2n1. The van der Waals surface area contributed by atoms with Crippen molar-refractivity contribution in [2.24, 2.45) is 0 Å². The Balaban J connectivity index is 1.57. The maximum absolute atomic E-state index is 12.9. The number of fused-ring (bicyclic) bond motifs is 2.